The minimum absolute atomic E-state index is 0.124. The van der Waals surface area contributed by atoms with Crippen LogP contribution in [0.25, 0.3) is 0 Å². The summed E-state index contributed by atoms with van der Waals surface area (Å²) in [6, 6.07) is 11.2. The molecule has 1 aromatic rings. The van der Waals surface area contributed by atoms with Crippen molar-refractivity contribution in [1.82, 2.24) is 10.2 Å². The summed E-state index contributed by atoms with van der Waals surface area (Å²) in [6.07, 6.45) is 3.03. The highest BCUT2D eigenvalue weighted by Crippen LogP contribution is 2.44. The minimum Gasteiger partial charge on any atom is -0.355 e. The van der Waals surface area contributed by atoms with Crippen molar-refractivity contribution in [3.8, 4) is 0 Å². The first-order valence-electron chi connectivity index (χ1n) is 8.18. The number of likely N-dealkylation sites (tertiary alicyclic amines) is 1. The average Bonchev–Trinajstić information content (AvgIpc) is 2.78. The van der Waals surface area contributed by atoms with Crippen LogP contribution in [0.2, 0.25) is 0 Å². The van der Waals surface area contributed by atoms with E-state index in [4.69, 9.17) is 0 Å². The molecular weight excluding hydrogens is 260 g/mol. The lowest BCUT2D eigenvalue weighted by Gasteiger charge is -2.42. The molecule has 0 bridgehead atoms. The molecule has 114 valence electrons. The molecule has 2 fully saturated rings. The van der Waals surface area contributed by atoms with Gasteiger partial charge in [-0.3, -0.25) is 4.79 Å². The number of carbonyl (C=O) groups is 1. The predicted molar refractivity (Wildman–Crippen MR) is 85.0 cm³/mol. The summed E-state index contributed by atoms with van der Waals surface area (Å²) in [5, 5.41) is 3.14. The van der Waals surface area contributed by atoms with Crippen molar-refractivity contribution in [2.45, 2.75) is 39.2 Å². The van der Waals surface area contributed by atoms with Gasteiger partial charge in [0.1, 0.15) is 0 Å². The van der Waals surface area contributed by atoms with Gasteiger partial charge in [-0.05, 0) is 57.7 Å². The maximum absolute atomic E-state index is 12.5. The zero-order valence-electron chi connectivity index (χ0n) is 13.1. The summed E-state index contributed by atoms with van der Waals surface area (Å²) in [4.78, 5) is 15.0. The summed E-state index contributed by atoms with van der Waals surface area (Å²) >= 11 is 0. The second-order valence-electron chi connectivity index (χ2n) is 6.88. The zero-order valence-corrected chi connectivity index (χ0v) is 13.1. The van der Waals surface area contributed by atoms with Crippen LogP contribution in [0, 0.1) is 11.3 Å². The first-order valence-corrected chi connectivity index (χ1v) is 8.18. The molecule has 3 heteroatoms. The molecule has 1 atom stereocenters. The lowest BCUT2D eigenvalue weighted by atomic mass is 9.68. The normalized spacial score (nSPS) is 25.5. The van der Waals surface area contributed by atoms with Crippen LogP contribution in [0.15, 0.2) is 30.3 Å². The molecule has 2 aliphatic rings. The van der Waals surface area contributed by atoms with Gasteiger partial charge in [0.25, 0.3) is 0 Å². The molecule has 2 aliphatic heterocycles. The van der Waals surface area contributed by atoms with Crippen molar-refractivity contribution in [2.24, 2.45) is 11.3 Å². The van der Waals surface area contributed by atoms with E-state index in [0.717, 1.165) is 38.9 Å². The molecule has 21 heavy (non-hydrogen) atoms. The Morgan fingerprint density at radius 1 is 1.24 bits per heavy atom. The lowest BCUT2D eigenvalue weighted by Crippen LogP contribution is -2.48. The van der Waals surface area contributed by atoms with Gasteiger partial charge in [0.05, 0.1) is 5.41 Å². The summed E-state index contributed by atoms with van der Waals surface area (Å²) in [7, 11) is 0. The van der Waals surface area contributed by atoms with Gasteiger partial charge in [0.2, 0.25) is 5.91 Å². The standard InChI is InChI=1S/C18H26N2O/c1-14(2)20-10-8-18(9-11-20)16(13-19-17(18)21)12-15-6-4-3-5-7-15/h3-7,14,16H,8-13H2,1-2H3,(H,19,21). The fraction of sp³-hybridized carbons (Fsp3) is 0.611. The average molecular weight is 286 g/mol. The number of carbonyl (C=O) groups excluding carboxylic acids is 1. The van der Waals surface area contributed by atoms with E-state index < -0.39 is 0 Å². The minimum atomic E-state index is -0.124. The molecule has 0 aromatic heterocycles. The van der Waals surface area contributed by atoms with Crippen molar-refractivity contribution in [2.75, 3.05) is 19.6 Å². The highest BCUT2D eigenvalue weighted by molar-refractivity contribution is 5.85. The Balaban J connectivity index is 1.74. The van der Waals surface area contributed by atoms with Crippen LogP contribution < -0.4 is 5.32 Å². The Bertz CT molecular complexity index is 489. The molecule has 2 saturated heterocycles. The Kier molecular flexibility index (Phi) is 4.03. The molecule has 0 radical (unpaired) electrons. The molecule has 1 unspecified atom stereocenters. The van der Waals surface area contributed by atoms with E-state index in [0.29, 0.717) is 17.9 Å². The molecule has 3 nitrogen and oxygen atoms in total. The van der Waals surface area contributed by atoms with Gasteiger partial charge in [0, 0.05) is 12.6 Å². The first kappa shape index (κ1) is 14.6. The molecule has 0 aliphatic carbocycles. The van der Waals surface area contributed by atoms with Gasteiger partial charge >= 0.3 is 0 Å². The van der Waals surface area contributed by atoms with Crippen LogP contribution >= 0.6 is 0 Å². The van der Waals surface area contributed by atoms with Crippen molar-refractivity contribution >= 4 is 5.91 Å². The van der Waals surface area contributed by atoms with Crippen LogP contribution in [0.5, 0.6) is 0 Å². The highest BCUT2D eigenvalue weighted by Gasteiger charge is 2.51. The van der Waals surface area contributed by atoms with E-state index in [1.165, 1.54) is 5.56 Å². The number of rotatable bonds is 3. The van der Waals surface area contributed by atoms with Gasteiger partial charge in [-0.1, -0.05) is 30.3 Å². The number of nitrogens with zero attached hydrogens (tertiary/aromatic N) is 1. The summed E-state index contributed by atoms with van der Waals surface area (Å²) in [6.45, 7) is 7.44. The first-order chi connectivity index (χ1) is 10.1. The number of amides is 1. The van der Waals surface area contributed by atoms with E-state index in [9.17, 15) is 4.79 Å². The number of hydrogen-bond donors (Lipinski definition) is 1. The highest BCUT2D eigenvalue weighted by atomic mass is 16.2. The number of piperidine rings is 1. The maximum atomic E-state index is 12.5. The fourth-order valence-electron chi connectivity index (χ4n) is 4.01. The molecular formula is C18H26N2O. The van der Waals surface area contributed by atoms with Crippen LogP contribution in [0.3, 0.4) is 0 Å². The third kappa shape index (κ3) is 2.71. The van der Waals surface area contributed by atoms with E-state index in [1.807, 2.05) is 0 Å². The monoisotopic (exact) mass is 286 g/mol. The molecule has 0 saturated carbocycles. The van der Waals surface area contributed by atoms with Crippen LogP contribution in [0.4, 0.5) is 0 Å². The molecule has 1 N–H and O–H groups in total. The second kappa shape index (κ2) is 5.80. The molecule has 1 aromatic carbocycles. The summed E-state index contributed by atoms with van der Waals surface area (Å²) < 4.78 is 0. The topological polar surface area (TPSA) is 32.3 Å². The van der Waals surface area contributed by atoms with Crippen molar-refractivity contribution in [3.63, 3.8) is 0 Å². The second-order valence-corrected chi connectivity index (χ2v) is 6.88. The SMILES string of the molecule is CC(C)N1CCC2(CC1)C(=O)NCC2Cc1ccccc1. The van der Waals surface area contributed by atoms with Gasteiger partial charge in [-0.2, -0.15) is 0 Å². The van der Waals surface area contributed by atoms with E-state index >= 15 is 0 Å². The van der Waals surface area contributed by atoms with Crippen molar-refractivity contribution < 1.29 is 4.79 Å². The maximum Gasteiger partial charge on any atom is 0.226 e. The zero-order chi connectivity index (χ0) is 14.9. The molecule has 3 rings (SSSR count). The molecule has 2 heterocycles. The van der Waals surface area contributed by atoms with Crippen molar-refractivity contribution in [3.05, 3.63) is 35.9 Å². The van der Waals surface area contributed by atoms with Gasteiger partial charge in [0.15, 0.2) is 0 Å². The van der Waals surface area contributed by atoms with E-state index in [-0.39, 0.29) is 5.41 Å². The number of hydrogen-bond acceptors (Lipinski definition) is 2. The van der Waals surface area contributed by atoms with Crippen LogP contribution in [-0.2, 0) is 11.2 Å². The Labute approximate surface area is 127 Å². The third-order valence-electron chi connectivity index (χ3n) is 5.49. The summed E-state index contributed by atoms with van der Waals surface area (Å²) in [5.74, 6) is 0.744. The largest absolute Gasteiger partial charge is 0.355 e. The van der Waals surface area contributed by atoms with Crippen molar-refractivity contribution in [1.29, 1.82) is 0 Å². The number of nitrogens with one attached hydrogen (secondary N) is 1. The van der Waals surface area contributed by atoms with E-state index in [2.05, 4.69) is 54.4 Å². The van der Waals surface area contributed by atoms with Gasteiger partial charge < -0.3 is 10.2 Å². The summed E-state index contributed by atoms with van der Waals surface area (Å²) in [5.41, 5.74) is 1.23. The Hall–Kier alpha value is -1.35. The fourth-order valence-corrected chi connectivity index (χ4v) is 4.01. The smallest absolute Gasteiger partial charge is 0.226 e. The molecule has 1 spiro atoms. The molecule has 1 amide bonds. The van der Waals surface area contributed by atoms with Gasteiger partial charge in [-0.25, -0.2) is 0 Å². The Morgan fingerprint density at radius 2 is 1.90 bits per heavy atom. The van der Waals surface area contributed by atoms with Crippen LogP contribution in [-0.4, -0.2) is 36.5 Å². The van der Waals surface area contributed by atoms with E-state index in [1.54, 1.807) is 0 Å². The quantitative estimate of drug-likeness (QED) is 0.926. The van der Waals surface area contributed by atoms with Crippen LogP contribution in [0.1, 0.15) is 32.3 Å². The number of benzene rings is 1. The predicted octanol–water partition coefficient (Wildman–Crippen LogP) is 2.47. The van der Waals surface area contributed by atoms with Gasteiger partial charge in [-0.15, -0.1) is 0 Å². The Morgan fingerprint density at radius 3 is 2.52 bits per heavy atom. The third-order valence-corrected chi connectivity index (χ3v) is 5.49. The lowest BCUT2D eigenvalue weighted by molar-refractivity contribution is -0.132.